The van der Waals surface area contributed by atoms with Crippen LogP contribution in [0.1, 0.15) is 54.2 Å². The van der Waals surface area contributed by atoms with Crippen LogP contribution in [0.3, 0.4) is 0 Å². The molecule has 138 valence electrons. The number of benzene rings is 2. The minimum Gasteiger partial charge on any atom is -0.496 e. The second kappa shape index (κ2) is 8.17. The van der Waals surface area contributed by atoms with E-state index in [0.29, 0.717) is 29.7 Å². The van der Waals surface area contributed by atoms with Crippen LogP contribution in [0, 0.1) is 0 Å². The molecule has 0 heterocycles. The zero-order valence-corrected chi connectivity index (χ0v) is 16.1. The third-order valence-corrected chi connectivity index (χ3v) is 4.37. The fraction of sp³-hybridized carbons (Fsp3) is 0.364. The zero-order valence-electron chi connectivity index (χ0n) is 16.1. The van der Waals surface area contributed by atoms with Crippen LogP contribution in [0.15, 0.2) is 42.5 Å². The molecule has 0 spiro atoms. The van der Waals surface area contributed by atoms with Crippen molar-refractivity contribution in [2.75, 3.05) is 14.2 Å². The van der Waals surface area contributed by atoms with Gasteiger partial charge in [0.05, 0.1) is 19.8 Å². The van der Waals surface area contributed by atoms with Gasteiger partial charge in [-0.05, 0) is 35.1 Å². The number of carbonyl (C=O) groups excluding carboxylic acids is 2. The predicted octanol–water partition coefficient (Wildman–Crippen LogP) is 4.33. The number of ketones is 1. The maximum atomic E-state index is 13.0. The summed E-state index contributed by atoms with van der Waals surface area (Å²) in [4.78, 5) is 24.2. The molecule has 0 N–H and O–H groups in total. The maximum absolute atomic E-state index is 13.0. The van der Waals surface area contributed by atoms with Gasteiger partial charge in [0, 0.05) is 12.0 Å². The summed E-state index contributed by atoms with van der Waals surface area (Å²) in [5.74, 6) is 0.249. The number of carbonyl (C=O) groups is 2. The van der Waals surface area contributed by atoms with Gasteiger partial charge >= 0.3 is 5.97 Å². The van der Waals surface area contributed by atoms with Gasteiger partial charge in [-0.2, -0.15) is 0 Å². The Labute approximate surface area is 155 Å². The number of hydrogen-bond donors (Lipinski definition) is 0. The summed E-state index contributed by atoms with van der Waals surface area (Å²) >= 11 is 0. The van der Waals surface area contributed by atoms with Crippen LogP contribution in [0.5, 0.6) is 5.75 Å². The normalized spacial score (nSPS) is 11.1. The monoisotopic (exact) mass is 354 g/mol. The Balaban J connectivity index is 2.26. The summed E-state index contributed by atoms with van der Waals surface area (Å²) < 4.78 is 10.0. The highest BCUT2D eigenvalue weighted by Crippen LogP contribution is 2.29. The minimum absolute atomic E-state index is 0.0565. The van der Waals surface area contributed by atoms with E-state index in [0.717, 1.165) is 11.1 Å². The molecule has 0 unspecified atom stereocenters. The summed E-state index contributed by atoms with van der Waals surface area (Å²) in [5, 5.41) is 0. The molecular formula is C22H26O4. The number of ether oxygens (including phenoxy) is 2. The quantitative estimate of drug-likeness (QED) is 0.572. The molecule has 0 bridgehead atoms. The van der Waals surface area contributed by atoms with Crippen molar-refractivity contribution in [1.29, 1.82) is 0 Å². The molecule has 0 saturated heterocycles. The van der Waals surface area contributed by atoms with Crippen LogP contribution >= 0.6 is 0 Å². The number of rotatable bonds is 6. The van der Waals surface area contributed by atoms with E-state index in [9.17, 15) is 9.59 Å². The molecule has 0 aliphatic heterocycles. The molecule has 4 nitrogen and oxygen atoms in total. The topological polar surface area (TPSA) is 52.6 Å². The van der Waals surface area contributed by atoms with Gasteiger partial charge < -0.3 is 9.47 Å². The minimum atomic E-state index is -0.242. The maximum Gasteiger partial charge on any atom is 0.305 e. The largest absolute Gasteiger partial charge is 0.496 e. The van der Waals surface area contributed by atoms with Crippen LogP contribution in [-0.2, 0) is 21.4 Å². The van der Waals surface area contributed by atoms with Crippen molar-refractivity contribution in [3.8, 4) is 5.75 Å². The highest BCUT2D eigenvalue weighted by atomic mass is 16.5. The van der Waals surface area contributed by atoms with E-state index < -0.39 is 0 Å². The van der Waals surface area contributed by atoms with E-state index in [4.69, 9.17) is 4.74 Å². The molecule has 4 heteroatoms. The average Bonchev–Trinajstić information content (AvgIpc) is 2.64. The Morgan fingerprint density at radius 1 is 0.962 bits per heavy atom. The van der Waals surface area contributed by atoms with E-state index in [1.165, 1.54) is 7.11 Å². The highest BCUT2D eigenvalue weighted by Gasteiger charge is 2.20. The lowest BCUT2D eigenvalue weighted by atomic mass is 9.85. The molecule has 26 heavy (non-hydrogen) atoms. The first-order valence-corrected chi connectivity index (χ1v) is 8.65. The fourth-order valence-electron chi connectivity index (χ4n) is 2.68. The van der Waals surface area contributed by atoms with E-state index >= 15 is 0 Å². The molecule has 2 aromatic carbocycles. The van der Waals surface area contributed by atoms with Crippen molar-refractivity contribution >= 4 is 11.8 Å². The van der Waals surface area contributed by atoms with Crippen molar-refractivity contribution in [3.63, 3.8) is 0 Å². The number of methoxy groups -OCH3 is 2. The molecule has 0 radical (unpaired) electrons. The van der Waals surface area contributed by atoms with Crippen molar-refractivity contribution in [2.24, 2.45) is 0 Å². The SMILES string of the molecule is COC(=O)CCc1ccc(C(=O)c2cc(C(C)(C)C)ccc2OC)cc1. The summed E-state index contributed by atoms with van der Waals surface area (Å²) in [6.07, 6.45) is 0.912. The smallest absolute Gasteiger partial charge is 0.305 e. The Morgan fingerprint density at radius 2 is 1.62 bits per heavy atom. The predicted molar refractivity (Wildman–Crippen MR) is 102 cm³/mol. The molecular weight excluding hydrogens is 328 g/mol. The van der Waals surface area contributed by atoms with Gasteiger partial charge in [0.15, 0.2) is 5.78 Å². The van der Waals surface area contributed by atoms with Crippen molar-refractivity contribution in [2.45, 2.75) is 39.0 Å². The van der Waals surface area contributed by atoms with Gasteiger partial charge in [-0.15, -0.1) is 0 Å². The van der Waals surface area contributed by atoms with Crippen LogP contribution in [0.4, 0.5) is 0 Å². The van der Waals surface area contributed by atoms with Gasteiger partial charge in [-0.3, -0.25) is 9.59 Å². The number of hydrogen-bond acceptors (Lipinski definition) is 4. The fourth-order valence-corrected chi connectivity index (χ4v) is 2.68. The van der Waals surface area contributed by atoms with Crippen molar-refractivity contribution in [3.05, 3.63) is 64.7 Å². The van der Waals surface area contributed by atoms with Crippen molar-refractivity contribution in [1.82, 2.24) is 0 Å². The summed E-state index contributed by atoms with van der Waals surface area (Å²) in [6, 6.07) is 13.1. The van der Waals surface area contributed by atoms with Crippen LogP contribution in [0.25, 0.3) is 0 Å². The zero-order chi connectivity index (χ0) is 19.3. The Kier molecular flexibility index (Phi) is 6.19. The molecule has 0 atom stereocenters. The summed E-state index contributed by atoms with van der Waals surface area (Å²) in [5.41, 5.74) is 3.16. The molecule has 0 aliphatic rings. The van der Waals surface area contributed by atoms with Gasteiger partial charge in [-0.25, -0.2) is 0 Å². The van der Waals surface area contributed by atoms with E-state index in [1.807, 2.05) is 30.3 Å². The lowest BCUT2D eigenvalue weighted by molar-refractivity contribution is -0.140. The molecule has 0 saturated carbocycles. The molecule has 0 fully saturated rings. The standard InChI is InChI=1S/C22H26O4/c1-22(2,3)17-11-12-19(25-4)18(14-17)21(24)16-9-6-15(7-10-16)8-13-20(23)26-5/h6-7,9-12,14H,8,13H2,1-5H3. The Morgan fingerprint density at radius 3 is 2.15 bits per heavy atom. The Hall–Kier alpha value is -2.62. The Bertz CT molecular complexity index is 783. The van der Waals surface area contributed by atoms with Gasteiger partial charge in [0.2, 0.25) is 0 Å². The summed E-state index contributed by atoms with van der Waals surface area (Å²) in [6.45, 7) is 6.33. The highest BCUT2D eigenvalue weighted by molar-refractivity contribution is 6.10. The summed E-state index contributed by atoms with van der Waals surface area (Å²) in [7, 11) is 2.95. The van der Waals surface area contributed by atoms with Crippen molar-refractivity contribution < 1.29 is 19.1 Å². The molecule has 0 amide bonds. The van der Waals surface area contributed by atoms with Gasteiger partial charge in [-0.1, -0.05) is 51.1 Å². The third-order valence-electron chi connectivity index (χ3n) is 4.37. The van der Waals surface area contributed by atoms with E-state index in [2.05, 4.69) is 25.5 Å². The average molecular weight is 354 g/mol. The lowest BCUT2D eigenvalue weighted by Crippen LogP contribution is -2.13. The molecule has 0 aromatic heterocycles. The first kappa shape index (κ1) is 19.7. The van der Waals surface area contributed by atoms with Crippen LogP contribution < -0.4 is 4.74 Å². The lowest BCUT2D eigenvalue weighted by Gasteiger charge is -2.20. The number of esters is 1. The first-order chi connectivity index (χ1) is 12.3. The molecule has 2 rings (SSSR count). The second-order valence-electron chi connectivity index (χ2n) is 7.27. The van der Waals surface area contributed by atoms with Gasteiger partial charge in [0.25, 0.3) is 0 Å². The first-order valence-electron chi connectivity index (χ1n) is 8.65. The van der Waals surface area contributed by atoms with Gasteiger partial charge in [0.1, 0.15) is 5.75 Å². The third kappa shape index (κ3) is 4.72. The number of aryl methyl sites for hydroxylation is 1. The molecule has 0 aliphatic carbocycles. The van der Waals surface area contributed by atoms with Crippen LogP contribution in [-0.4, -0.2) is 26.0 Å². The molecule has 2 aromatic rings. The van der Waals surface area contributed by atoms with Crippen LogP contribution in [0.2, 0.25) is 0 Å². The van der Waals surface area contributed by atoms with E-state index in [1.54, 1.807) is 19.2 Å². The second-order valence-corrected chi connectivity index (χ2v) is 7.27. The van der Waals surface area contributed by atoms with E-state index in [-0.39, 0.29) is 17.2 Å².